The molecule has 0 spiro atoms. The monoisotopic (exact) mass is 581 g/mol. The van der Waals surface area contributed by atoms with Crippen molar-refractivity contribution in [2.24, 2.45) is 11.8 Å². The highest BCUT2D eigenvalue weighted by molar-refractivity contribution is 6.30. The first-order valence-electron chi connectivity index (χ1n) is 14.3. The van der Waals surface area contributed by atoms with E-state index in [9.17, 15) is 14.4 Å². The summed E-state index contributed by atoms with van der Waals surface area (Å²) < 4.78 is 4.75. The van der Waals surface area contributed by atoms with Crippen molar-refractivity contribution in [3.63, 3.8) is 0 Å². The summed E-state index contributed by atoms with van der Waals surface area (Å²) in [5, 5.41) is 18.2. The summed E-state index contributed by atoms with van der Waals surface area (Å²) in [5.41, 5.74) is 0.723. The van der Waals surface area contributed by atoms with Gasteiger partial charge in [0.1, 0.15) is 11.6 Å². The second-order valence-corrected chi connectivity index (χ2v) is 11.9. The van der Waals surface area contributed by atoms with Gasteiger partial charge in [-0.15, -0.1) is 0 Å². The lowest BCUT2D eigenvalue weighted by molar-refractivity contribution is -0.132. The molecule has 1 saturated carbocycles. The molecule has 0 bridgehead atoms. The topological polar surface area (TPSA) is 124 Å². The lowest BCUT2D eigenvalue weighted by Gasteiger charge is -2.29. The zero-order valence-corrected chi connectivity index (χ0v) is 24.7. The minimum absolute atomic E-state index is 0.0989. The lowest BCUT2D eigenvalue weighted by atomic mass is 9.82. The first-order valence-corrected chi connectivity index (χ1v) is 14.6. The molecule has 1 saturated heterocycles. The van der Waals surface area contributed by atoms with Crippen molar-refractivity contribution in [1.29, 1.82) is 5.41 Å². The first-order chi connectivity index (χ1) is 19.6. The van der Waals surface area contributed by atoms with Crippen LogP contribution in [0.15, 0.2) is 54.6 Å². The smallest absolute Gasteiger partial charge is 0.407 e. The number of halogens is 1. The fourth-order valence-electron chi connectivity index (χ4n) is 5.64. The Morgan fingerprint density at radius 2 is 1.88 bits per heavy atom. The van der Waals surface area contributed by atoms with Crippen LogP contribution < -0.4 is 16.0 Å². The molecular weight excluding hydrogens is 542 g/mol. The predicted molar refractivity (Wildman–Crippen MR) is 159 cm³/mol. The summed E-state index contributed by atoms with van der Waals surface area (Å²) >= 11 is 6.12. The van der Waals surface area contributed by atoms with Crippen LogP contribution >= 0.6 is 11.6 Å². The number of rotatable bonds is 13. The van der Waals surface area contributed by atoms with Gasteiger partial charge in [-0.2, -0.15) is 0 Å². The SMILES string of the molecule is COC(=O)N[C@@H](Cc1cccc(Cl)c1)C(=O)NC(CCCN1C(=N)NC(CC(C)C)(c2ccccc2)C1=O)C1CC1. The van der Waals surface area contributed by atoms with Crippen molar-refractivity contribution < 1.29 is 19.1 Å². The average Bonchev–Trinajstić information content (AvgIpc) is 3.76. The van der Waals surface area contributed by atoms with Crippen LogP contribution in [0, 0.1) is 17.2 Å². The molecule has 3 atom stereocenters. The molecule has 2 aliphatic rings. The van der Waals surface area contributed by atoms with E-state index >= 15 is 0 Å². The van der Waals surface area contributed by atoms with Crippen molar-refractivity contribution in [2.45, 2.75) is 70.0 Å². The maximum Gasteiger partial charge on any atom is 0.407 e. The van der Waals surface area contributed by atoms with E-state index in [1.54, 1.807) is 18.2 Å². The van der Waals surface area contributed by atoms with Crippen LogP contribution in [-0.2, 0) is 26.3 Å². The van der Waals surface area contributed by atoms with Crippen molar-refractivity contribution >= 4 is 35.5 Å². The summed E-state index contributed by atoms with van der Waals surface area (Å²) in [4.78, 5) is 40.7. The van der Waals surface area contributed by atoms with Crippen LogP contribution in [0.5, 0.6) is 0 Å². The second-order valence-electron chi connectivity index (χ2n) is 11.4. The van der Waals surface area contributed by atoms with Gasteiger partial charge >= 0.3 is 6.09 Å². The van der Waals surface area contributed by atoms with Crippen LogP contribution in [0.25, 0.3) is 0 Å². The Balaban J connectivity index is 1.40. The molecule has 2 unspecified atom stereocenters. The Kier molecular flexibility index (Phi) is 9.91. The van der Waals surface area contributed by atoms with Gasteiger partial charge in [0.2, 0.25) is 5.91 Å². The van der Waals surface area contributed by atoms with Crippen LogP contribution in [0.1, 0.15) is 57.1 Å². The van der Waals surface area contributed by atoms with Gasteiger partial charge in [0.05, 0.1) is 7.11 Å². The maximum absolute atomic E-state index is 13.8. The number of alkyl carbamates (subject to hydrolysis) is 1. The number of hydrogen-bond acceptors (Lipinski definition) is 5. The van der Waals surface area contributed by atoms with Gasteiger partial charge < -0.3 is 20.7 Å². The number of ether oxygens (including phenoxy) is 1. The molecule has 4 N–H and O–H groups in total. The van der Waals surface area contributed by atoms with Gasteiger partial charge in [-0.05, 0) is 67.2 Å². The Morgan fingerprint density at radius 1 is 1.15 bits per heavy atom. The fourth-order valence-corrected chi connectivity index (χ4v) is 5.86. The molecule has 2 fully saturated rings. The van der Waals surface area contributed by atoms with Gasteiger partial charge in [0, 0.05) is 24.0 Å². The van der Waals surface area contributed by atoms with E-state index < -0.39 is 17.7 Å². The predicted octanol–water partition coefficient (Wildman–Crippen LogP) is 4.59. The van der Waals surface area contributed by atoms with E-state index in [2.05, 4.69) is 29.8 Å². The molecule has 2 aromatic carbocycles. The molecule has 3 amide bonds. The summed E-state index contributed by atoms with van der Waals surface area (Å²) in [6.07, 6.45) is 3.46. The largest absolute Gasteiger partial charge is 0.453 e. The van der Waals surface area contributed by atoms with Gasteiger partial charge in [-0.3, -0.25) is 19.9 Å². The number of carbonyl (C=O) groups is 3. The first kappa shape index (κ1) is 30.4. The Hall–Kier alpha value is -3.59. The van der Waals surface area contributed by atoms with Crippen LogP contribution in [-0.4, -0.2) is 54.5 Å². The molecule has 9 nitrogen and oxygen atoms in total. The molecule has 0 radical (unpaired) electrons. The molecule has 4 rings (SSSR count). The van der Waals surface area contributed by atoms with E-state index in [0.29, 0.717) is 36.7 Å². The Morgan fingerprint density at radius 3 is 2.51 bits per heavy atom. The van der Waals surface area contributed by atoms with Gasteiger partial charge in [0.15, 0.2) is 5.96 Å². The molecule has 1 aliphatic carbocycles. The van der Waals surface area contributed by atoms with Crippen molar-refractivity contribution in [1.82, 2.24) is 20.9 Å². The third-order valence-corrected chi connectivity index (χ3v) is 7.97. The van der Waals surface area contributed by atoms with Crippen molar-refractivity contribution in [2.75, 3.05) is 13.7 Å². The summed E-state index contributed by atoms with van der Waals surface area (Å²) in [6, 6.07) is 15.9. The van der Waals surface area contributed by atoms with Gasteiger partial charge in [0.25, 0.3) is 5.91 Å². The van der Waals surface area contributed by atoms with Crippen molar-refractivity contribution in [3.8, 4) is 0 Å². The molecule has 10 heteroatoms. The Bertz CT molecular complexity index is 1250. The zero-order valence-electron chi connectivity index (χ0n) is 23.9. The minimum atomic E-state index is -0.955. The standard InChI is InChI=1S/C31H40ClN5O4/c1-20(2)19-31(23-10-5-4-6-11-23)28(39)37(29(33)36-31)16-8-13-25(22-14-15-22)34-27(38)26(35-30(40)41-3)18-21-9-7-12-24(32)17-21/h4-7,9-12,17,20,22,25-26H,8,13-16,18-19H2,1-3H3,(H2,33,36)(H,34,38)(H,35,40)/t25?,26-,31?/m0/s1. The molecule has 1 heterocycles. The summed E-state index contributed by atoms with van der Waals surface area (Å²) in [5.74, 6) is 0.292. The number of carbonyl (C=O) groups excluding carboxylic acids is 3. The Labute approximate surface area is 246 Å². The highest BCUT2D eigenvalue weighted by Gasteiger charge is 2.50. The number of nitrogens with one attached hydrogen (secondary N) is 4. The molecule has 220 valence electrons. The maximum atomic E-state index is 13.8. The van der Waals surface area contributed by atoms with Gasteiger partial charge in [-0.1, -0.05) is 67.9 Å². The van der Waals surface area contributed by atoms with Gasteiger partial charge in [-0.25, -0.2) is 4.79 Å². The highest BCUT2D eigenvalue weighted by atomic mass is 35.5. The van der Waals surface area contributed by atoms with E-state index in [4.69, 9.17) is 21.7 Å². The number of benzene rings is 2. The van der Waals surface area contributed by atoms with Crippen LogP contribution in [0.4, 0.5) is 4.79 Å². The fraction of sp³-hybridized carbons (Fsp3) is 0.484. The minimum Gasteiger partial charge on any atom is -0.453 e. The average molecular weight is 582 g/mol. The molecule has 1 aliphatic heterocycles. The highest BCUT2D eigenvalue weighted by Crippen LogP contribution is 2.37. The number of hydrogen-bond donors (Lipinski definition) is 4. The lowest BCUT2D eigenvalue weighted by Crippen LogP contribution is -2.51. The van der Waals surface area contributed by atoms with E-state index in [-0.39, 0.29) is 36.2 Å². The molecule has 41 heavy (non-hydrogen) atoms. The van der Waals surface area contributed by atoms with Crippen LogP contribution in [0.2, 0.25) is 5.02 Å². The summed E-state index contributed by atoms with van der Waals surface area (Å²) in [6.45, 7) is 4.52. The second kappa shape index (κ2) is 13.4. The number of methoxy groups -OCH3 is 1. The van der Waals surface area contributed by atoms with E-state index in [0.717, 1.165) is 24.0 Å². The van der Waals surface area contributed by atoms with E-state index in [1.165, 1.54) is 12.0 Å². The van der Waals surface area contributed by atoms with E-state index in [1.807, 2.05) is 36.4 Å². The summed E-state index contributed by atoms with van der Waals surface area (Å²) in [7, 11) is 1.26. The van der Waals surface area contributed by atoms with Crippen LogP contribution in [0.3, 0.4) is 0 Å². The normalized spacial score (nSPS) is 20.0. The zero-order chi connectivity index (χ0) is 29.6. The third kappa shape index (κ3) is 7.58. The number of amides is 3. The molecular formula is C31H40ClN5O4. The quantitative estimate of drug-likeness (QED) is 0.275. The van der Waals surface area contributed by atoms with Crippen molar-refractivity contribution in [3.05, 3.63) is 70.7 Å². The molecule has 2 aromatic rings. The molecule has 0 aromatic heterocycles. The number of nitrogens with zero attached hydrogens (tertiary/aromatic N) is 1. The third-order valence-electron chi connectivity index (χ3n) is 7.73. The number of guanidine groups is 1.